The van der Waals surface area contributed by atoms with Gasteiger partial charge in [0.15, 0.2) is 0 Å². The summed E-state index contributed by atoms with van der Waals surface area (Å²) in [5, 5.41) is 5.29. The quantitative estimate of drug-likeness (QED) is 0.834. The topological polar surface area (TPSA) is 32.3 Å². The highest BCUT2D eigenvalue weighted by atomic mass is 32.1. The molecule has 0 spiro atoms. The van der Waals surface area contributed by atoms with Crippen molar-refractivity contribution < 1.29 is 4.79 Å². The summed E-state index contributed by atoms with van der Waals surface area (Å²) in [6, 6.07) is 4.39. The maximum atomic E-state index is 11.9. The van der Waals surface area contributed by atoms with Gasteiger partial charge in [0.05, 0.1) is 6.42 Å². The molecule has 1 amide bonds. The van der Waals surface area contributed by atoms with Crippen LogP contribution in [0.1, 0.15) is 11.3 Å². The number of carbonyl (C=O) groups excluding carboxylic acids is 1. The zero-order valence-corrected chi connectivity index (χ0v) is 9.72. The minimum absolute atomic E-state index is 0.228. The molecule has 1 aliphatic rings. The number of carbonyl (C=O) groups is 1. The third-order valence-electron chi connectivity index (χ3n) is 2.88. The lowest BCUT2D eigenvalue weighted by molar-refractivity contribution is -0.130. The Morgan fingerprint density at radius 3 is 3.20 bits per heavy atom. The molecule has 2 heterocycles. The fraction of sp³-hybridized carbons (Fsp3) is 0.545. The lowest BCUT2D eigenvalue weighted by Gasteiger charge is -2.23. The van der Waals surface area contributed by atoms with Crippen LogP contribution in [0.2, 0.25) is 0 Å². The second kappa shape index (κ2) is 4.77. The first-order valence-corrected chi connectivity index (χ1v) is 6.14. The Hall–Kier alpha value is -0.870. The van der Waals surface area contributed by atoms with Crippen molar-refractivity contribution in [3.63, 3.8) is 0 Å². The van der Waals surface area contributed by atoms with Crippen LogP contribution in [0, 0.1) is 0 Å². The van der Waals surface area contributed by atoms with E-state index < -0.39 is 0 Å². The molecule has 82 valence electrons. The first kappa shape index (κ1) is 10.6. The van der Waals surface area contributed by atoms with E-state index in [2.05, 4.69) is 5.32 Å². The number of amides is 1. The van der Waals surface area contributed by atoms with E-state index in [1.54, 1.807) is 11.3 Å². The van der Waals surface area contributed by atoms with Crippen LogP contribution in [-0.4, -0.2) is 37.0 Å². The summed E-state index contributed by atoms with van der Waals surface area (Å²) in [7, 11) is 1.91. The minimum atomic E-state index is 0.228. The highest BCUT2D eigenvalue weighted by molar-refractivity contribution is 7.10. The first-order valence-electron chi connectivity index (χ1n) is 5.26. The number of likely N-dealkylation sites (N-methyl/N-ethyl adjacent to an activating group) is 1. The Balaban J connectivity index is 1.89. The molecule has 0 saturated carbocycles. The molecule has 1 aromatic heterocycles. The summed E-state index contributed by atoms with van der Waals surface area (Å²) in [5.41, 5.74) is 0. The number of thiophene rings is 1. The van der Waals surface area contributed by atoms with E-state index in [9.17, 15) is 4.79 Å². The van der Waals surface area contributed by atoms with Crippen molar-refractivity contribution in [2.45, 2.75) is 18.9 Å². The maximum Gasteiger partial charge on any atom is 0.227 e. The molecule has 1 fully saturated rings. The smallest absolute Gasteiger partial charge is 0.227 e. The molecule has 3 nitrogen and oxygen atoms in total. The predicted octanol–water partition coefficient (Wildman–Crippen LogP) is 1.11. The SMILES string of the molecule is CN(C(=O)Cc1cccs1)C1CCNC1. The maximum absolute atomic E-state index is 11.9. The predicted molar refractivity (Wildman–Crippen MR) is 62.1 cm³/mol. The second-order valence-corrected chi connectivity index (χ2v) is 4.94. The van der Waals surface area contributed by atoms with Crippen molar-refractivity contribution in [3.8, 4) is 0 Å². The van der Waals surface area contributed by atoms with Gasteiger partial charge in [-0.15, -0.1) is 11.3 Å². The number of nitrogens with zero attached hydrogens (tertiary/aromatic N) is 1. The van der Waals surface area contributed by atoms with E-state index in [0.717, 1.165) is 24.4 Å². The normalized spacial score (nSPS) is 20.5. The molecule has 4 heteroatoms. The van der Waals surface area contributed by atoms with Gasteiger partial charge in [-0.2, -0.15) is 0 Å². The molecule has 2 rings (SSSR count). The number of nitrogens with one attached hydrogen (secondary N) is 1. The lowest BCUT2D eigenvalue weighted by Crippen LogP contribution is -2.39. The second-order valence-electron chi connectivity index (χ2n) is 3.91. The van der Waals surface area contributed by atoms with Crippen LogP contribution in [0.3, 0.4) is 0 Å². The van der Waals surface area contributed by atoms with Crippen LogP contribution in [0.5, 0.6) is 0 Å². The molecule has 1 N–H and O–H groups in total. The van der Waals surface area contributed by atoms with Gasteiger partial charge < -0.3 is 10.2 Å². The molecule has 0 aromatic carbocycles. The van der Waals surface area contributed by atoms with E-state index in [0.29, 0.717) is 12.5 Å². The molecule has 1 saturated heterocycles. The average molecular weight is 224 g/mol. The van der Waals surface area contributed by atoms with Gasteiger partial charge in [-0.3, -0.25) is 4.79 Å². The average Bonchev–Trinajstić information content (AvgIpc) is 2.88. The first-order chi connectivity index (χ1) is 7.27. The third-order valence-corrected chi connectivity index (χ3v) is 3.76. The Bertz CT molecular complexity index is 317. The molecule has 15 heavy (non-hydrogen) atoms. The van der Waals surface area contributed by atoms with Crippen molar-refractivity contribution in [2.24, 2.45) is 0 Å². The standard InChI is InChI=1S/C11H16N2OS/c1-13(9-4-5-12-8-9)11(14)7-10-3-2-6-15-10/h2-3,6,9,12H,4-5,7-8H2,1H3. The fourth-order valence-electron chi connectivity index (χ4n) is 1.86. The van der Waals surface area contributed by atoms with Gasteiger partial charge in [0, 0.05) is 24.5 Å². The van der Waals surface area contributed by atoms with Gasteiger partial charge >= 0.3 is 0 Å². The Morgan fingerprint density at radius 1 is 1.73 bits per heavy atom. The van der Waals surface area contributed by atoms with Gasteiger partial charge in [-0.05, 0) is 24.4 Å². The summed E-state index contributed by atoms with van der Waals surface area (Å²) in [4.78, 5) is 14.9. The van der Waals surface area contributed by atoms with E-state index >= 15 is 0 Å². The van der Waals surface area contributed by atoms with Crippen LogP contribution in [-0.2, 0) is 11.2 Å². The van der Waals surface area contributed by atoms with E-state index in [-0.39, 0.29) is 5.91 Å². The molecule has 1 atom stereocenters. The Labute approximate surface area is 94.1 Å². The van der Waals surface area contributed by atoms with Gasteiger partial charge in [0.1, 0.15) is 0 Å². The molecular formula is C11H16N2OS. The molecule has 0 radical (unpaired) electrons. The molecule has 1 aromatic rings. The van der Waals surface area contributed by atoms with Crippen molar-refractivity contribution in [1.29, 1.82) is 0 Å². The zero-order chi connectivity index (χ0) is 10.7. The summed E-state index contributed by atoms with van der Waals surface area (Å²) < 4.78 is 0. The van der Waals surface area contributed by atoms with E-state index in [1.165, 1.54) is 0 Å². The fourth-order valence-corrected chi connectivity index (χ4v) is 2.56. The highest BCUT2D eigenvalue weighted by Crippen LogP contribution is 2.13. The zero-order valence-electron chi connectivity index (χ0n) is 8.90. The number of rotatable bonds is 3. The van der Waals surface area contributed by atoms with Gasteiger partial charge in [0.2, 0.25) is 5.91 Å². The van der Waals surface area contributed by atoms with Crippen LogP contribution >= 0.6 is 11.3 Å². The van der Waals surface area contributed by atoms with Gasteiger partial charge in [0.25, 0.3) is 0 Å². The van der Waals surface area contributed by atoms with E-state index in [4.69, 9.17) is 0 Å². The molecule has 1 aliphatic heterocycles. The summed E-state index contributed by atoms with van der Waals surface area (Å²) >= 11 is 1.65. The molecule has 1 unspecified atom stereocenters. The Kier molecular flexibility index (Phi) is 3.38. The number of hydrogen-bond acceptors (Lipinski definition) is 3. The lowest BCUT2D eigenvalue weighted by atomic mass is 10.2. The van der Waals surface area contributed by atoms with Crippen molar-refractivity contribution >= 4 is 17.2 Å². The minimum Gasteiger partial charge on any atom is -0.341 e. The largest absolute Gasteiger partial charge is 0.341 e. The van der Waals surface area contributed by atoms with Crippen LogP contribution < -0.4 is 5.32 Å². The van der Waals surface area contributed by atoms with Crippen molar-refractivity contribution in [2.75, 3.05) is 20.1 Å². The monoisotopic (exact) mass is 224 g/mol. The Morgan fingerprint density at radius 2 is 2.60 bits per heavy atom. The van der Waals surface area contributed by atoms with Crippen LogP contribution in [0.4, 0.5) is 0 Å². The molecular weight excluding hydrogens is 208 g/mol. The summed E-state index contributed by atoms with van der Waals surface area (Å²) in [6.07, 6.45) is 1.62. The summed E-state index contributed by atoms with van der Waals surface area (Å²) in [6.45, 7) is 1.97. The van der Waals surface area contributed by atoms with Crippen LogP contribution in [0.25, 0.3) is 0 Å². The van der Waals surface area contributed by atoms with Crippen molar-refractivity contribution in [3.05, 3.63) is 22.4 Å². The summed E-state index contributed by atoms with van der Waals surface area (Å²) in [5.74, 6) is 0.228. The number of hydrogen-bond donors (Lipinski definition) is 1. The molecule has 0 aliphatic carbocycles. The molecule has 0 bridgehead atoms. The van der Waals surface area contributed by atoms with Gasteiger partial charge in [-0.25, -0.2) is 0 Å². The van der Waals surface area contributed by atoms with Crippen LogP contribution in [0.15, 0.2) is 17.5 Å². The van der Waals surface area contributed by atoms with Gasteiger partial charge in [-0.1, -0.05) is 6.07 Å². The van der Waals surface area contributed by atoms with E-state index in [1.807, 2.05) is 29.5 Å². The highest BCUT2D eigenvalue weighted by Gasteiger charge is 2.22. The van der Waals surface area contributed by atoms with Crippen molar-refractivity contribution in [1.82, 2.24) is 10.2 Å². The third kappa shape index (κ3) is 2.58.